The number of rotatable bonds is 6. The third kappa shape index (κ3) is 10.4. The van der Waals surface area contributed by atoms with Crippen molar-refractivity contribution in [2.45, 2.75) is 46.0 Å². The molecule has 0 nitrogen and oxygen atoms in total. The smallest absolute Gasteiger partial charge is 0.0447 e. The van der Waals surface area contributed by atoms with Crippen LogP contribution in [0.2, 0.25) is 0 Å². The maximum atomic E-state index is 4.96. The first-order chi connectivity index (χ1) is 5.27. The average molecular weight is 190 g/mol. The van der Waals surface area contributed by atoms with Gasteiger partial charge < -0.3 is 0 Å². The molecule has 0 spiro atoms. The molecule has 0 heterocycles. The van der Waals surface area contributed by atoms with Crippen LogP contribution in [0.25, 0.3) is 0 Å². The van der Waals surface area contributed by atoms with Crippen molar-refractivity contribution >= 4 is 28.2 Å². The number of unbranched alkanes of at least 4 members (excludes halogenated alkanes) is 4. The molecule has 0 aliphatic heterocycles. The Balaban J connectivity index is 2.85. The Hall–Kier alpha value is 0.440. The second kappa shape index (κ2) is 8.54. The van der Waals surface area contributed by atoms with Crippen LogP contribution in [0.3, 0.4) is 0 Å². The lowest BCUT2D eigenvalue weighted by atomic mass is 10.2. The lowest BCUT2D eigenvalue weighted by Gasteiger charge is -1.98. The summed E-state index contributed by atoms with van der Waals surface area (Å²) < 4.78 is 1.08. The minimum absolute atomic E-state index is 1.08. The number of hydrogen-bond donors (Lipinski definition) is 0. The summed E-state index contributed by atoms with van der Waals surface area (Å²) in [4.78, 5) is 0. The predicted octanol–water partition coefficient (Wildman–Crippen LogP) is 4.04. The molecule has 0 aromatic carbocycles. The van der Waals surface area contributed by atoms with Gasteiger partial charge in [-0.15, -0.1) is 11.8 Å². The van der Waals surface area contributed by atoms with Gasteiger partial charge >= 0.3 is 0 Å². The van der Waals surface area contributed by atoms with E-state index in [0.29, 0.717) is 0 Å². The van der Waals surface area contributed by atoms with Gasteiger partial charge in [0, 0.05) is 4.20 Å². The van der Waals surface area contributed by atoms with Crippen LogP contribution in [-0.4, -0.2) is 9.95 Å². The van der Waals surface area contributed by atoms with E-state index in [1.807, 2.05) is 18.7 Å². The Morgan fingerprint density at radius 1 is 1.18 bits per heavy atom. The molecule has 2 heteroatoms. The highest BCUT2D eigenvalue weighted by Gasteiger charge is 1.90. The molecule has 11 heavy (non-hydrogen) atoms. The molecule has 0 aromatic heterocycles. The first-order valence-corrected chi connectivity index (χ1v) is 5.80. The summed E-state index contributed by atoms with van der Waals surface area (Å²) in [6.45, 7) is 4.25. The van der Waals surface area contributed by atoms with Crippen LogP contribution in [0, 0.1) is 0 Å². The Bertz CT molecular complexity index is 99.7. The van der Waals surface area contributed by atoms with Crippen molar-refractivity contribution in [3.63, 3.8) is 0 Å². The van der Waals surface area contributed by atoms with Crippen LogP contribution in [0.1, 0.15) is 46.0 Å². The minimum Gasteiger partial charge on any atom is -0.119 e. The minimum atomic E-state index is 1.08. The van der Waals surface area contributed by atoms with Crippen molar-refractivity contribution < 1.29 is 0 Å². The van der Waals surface area contributed by atoms with E-state index in [1.165, 1.54) is 37.9 Å². The van der Waals surface area contributed by atoms with Gasteiger partial charge in [-0.3, -0.25) is 0 Å². The first-order valence-electron chi connectivity index (χ1n) is 4.40. The molecule has 0 aliphatic carbocycles. The lowest BCUT2D eigenvalue weighted by Crippen LogP contribution is -1.84. The van der Waals surface area contributed by atoms with E-state index < -0.39 is 0 Å². The van der Waals surface area contributed by atoms with Gasteiger partial charge in [-0.1, -0.05) is 44.8 Å². The van der Waals surface area contributed by atoms with Crippen molar-refractivity contribution in [3.8, 4) is 0 Å². The van der Waals surface area contributed by atoms with Gasteiger partial charge in [0.1, 0.15) is 0 Å². The zero-order valence-corrected chi connectivity index (χ0v) is 9.19. The molecule has 0 radical (unpaired) electrons. The fourth-order valence-electron chi connectivity index (χ4n) is 0.922. The fourth-order valence-corrected chi connectivity index (χ4v) is 1.81. The Labute approximate surface area is 80.1 Å². The molecule has 0 unspecified atom stereocenters. The SMILES string of the molecule is CCCCCCCSC(C)=S. The van der Waals surface area contributed by atoms with Crippen LogP contribution < -0.4 is 0 Å². The largest absolute Gasteiger partial charge is 0.119 e. The van der Waals surface area contributed by atoms with Crippen LogP contribution in [0.5, 0.6) is 0 Å². The number of hydrogen-bond acceptors (Lipinski definition) is 2. The highest BCUT2D eigenvalue weighted by Crippen LogP contribution is 2.09. The molecule has 0 amide bonds. The van der Waals surface area contributed by atoms with Gasteiger partial charge in [-0.2, -0.15) is 0 Å². The van der Waals surface area contributed by atoms with Crippen molar-refractivity contribution in [3.05, 3.63) is 0 Å². The Morgan fingerprint density at radius 2 is 1.82 bits per heavy atom. The molecule has 0 aromatic rings. The molecule has 0 fully saturated rings. The van der Waals surface area contributed by atoms with Gasteiger partial charge in [0.05, 0.1) is 0 Å². The molecule has 0 atom stereocenters. The summed E-state index contributed by atoms with van der Waals surface area (Å²) >= 11 is 6.78. The van der Waals surface area contributed by atoms with E-state index in [4.69, 9.17) is 12.2 Å². The van der Waals surface area contributed by atoms with E-state index in [-0.39, 0.29) is 0 Å². The van der Waals surface area contributed by atoms with Crippen LogP contribution in [0.15, 0.2) is 0 Å². The van der Waals surface area contributed by atoms with Crippen molar-refractivity contribution in [1.82, 2.24) is 0 Å². The molecule has 0 saturated heterocycles. The van der Waals surface area contributed by atoms with Gasteiger partial charge in [0.25, 0.3) is 0 Å². The molecule has 66 valence electrons. The van der Waals surface area contributed by atoms with E-state index in [1.54, 1.807) is 0 Å². The highest BCUT2D eigenvalue weighted by atomic mass is 32.2. The number of thioether (sulfide) groups is 1. The summed E-state index contributed by atoms with van der Waals surface area (Å²) in [5, 5.41) is 0. The Kier molecular flexibility index (Phi) is 8.88. The number of thiocarbonyl (C=S) groups is 1. The zero-order valence-electron chi connectivity index (χ0n) is 7.56. The van der Waals surface area contributed by atoms with E-state index >= 15 is 0 Å². The second-order valence-corrected chi connectivity index (χ2v) is 4.93. The van der Waals surface area contributed by atoms with Crippen molar-refractivity contribution in [1.29, 1.82) is 0 Å². The van der Waals surface area contributed by atoms with Gasteiger partial charge in [0.15, 0.2) is 0 Å². The average Bonchev–Trinajstić information content (AvgIpc) is 1.96. The van der Waals surface area contributed by atoms with Gasteiger partial charge in [-0.25, -0.2) is 0 Å². The van der Waals surface area contributed by atoms with Crippen molar-refractivity contribution in [2.75, 3.05) is 5.75 Å². The molecule has 0 bridgehead atoms. The normalized spacial score (nSPS) is 10.0. The molecule has 0 aliphatic rings. The predicted molar refractivity (Wildman–Crippen MR) is 59.5 cm³/mol. The topological polar surface area (TPSA) is 0 Å². The maximum absolute atomic E-state index is 4.96. The Morgan fingerprint density at radius 3 is 2.36 bits per heavy atom. The quantitative estimate of drug-likeness (QED) is 0.458. The lowest BCUT2D eigenvalue weighted by molar-refractivity contribution is 0.660. The molecule has 0 saturated carbocycles. The second-order valence-electron chi connectivity index (χ2n) is 2.75. The zero-order chi connectivity index (χ0) is 8.53. The summed E-state index contributed by atoms with van der Waals surface area (Å²) in [7, 11) is 0. The third-order valence-corrected chi connectivity index (χ3v) is 2.81. The first kappa shape index (κ1) is 11.4. The molecule has 0 rings (SSSR count). The third-order valence-electron chi connectivity index (χ3n) is 1.55. The van der Waals surface area contributed by atoms with Gasteiger partial charge in [-0.05, 0) is 19.1 Å². The highest BCUT2D eigenvalue weighted by molar-refractivity contribution is 8.23. The molecular formula is C9H18S2. The van der Waals surface area contributed by atoms with Crippen molar-refractivity contribution in [2.24, 2.45) is 0 Å². The van der Waals surface area contributed by atoms with Crippen LogP contribution >= 0.6 is 24.0 Å². The van der Waals surface area contributed by atoms with Crippen LogP contribution in [0.4, 0.5) is 0 Å². The van der Waals surface area contributed by atoms with E-state index in [0.717, 1.165) is 4.20 Å². The van der Waals surface area contributed by atoms with Crippen LogP contribution in [-0.2, 0) is 0 Å². The summed E-state index contributed by atoms with van der Waals surface area (Å²) in [6.07, 6.45) is 6.83. The van der Waals surface area contributed by atoms with E-state index in [2.05, 4.69) is 6.92 Å². The molecular weight excluding hydrogens is 172 g/mol. The monoisotopic (exact) mass is 190 g/mol. The van der Waals surface area contributed by atoms with Gasteiger partial charge in [0.2, 0.25) is 0 Å². The fraction of sp³-hybridized carbons (Fsp3) is 0.889. The van der Waals surface area contributed by atoms with E-state index in [9.17, 15) is 0 Å². The summed E-state index contributed by atoms with van der Waals surface area (Å²) in [5.74, 6) is 1.22. The standard InChI is InChI=1S/C9H18S2/c1-3-4-5-6-7-8-11-9(2)10/h3-8H2,1-2H3. The molecule has 0 N–H and O–H groups in total. The summed E-state index contributed by atoms with van der Waals surface area (Å²) in [6, 6.07) is 0. The summed E-state index contributed by atoms with van der Waals surface area (Å²) in [5.41, 5.74) is 0. The maximum Gasteiger partial charge on any atom is 0.0447 e.